The zero-order valence-electron chi connectivity index (χ0n) is 11.7. The van der Waals surface area contributed by atoms with Gasteiger partial charge in [0.05, 0.1) is 24.3 Å². The number of nitro groups is 1. The van der Waals surface area contributed by atoms with E-state index in [9.17, 15) is 10.1 Å². The number of hydrogen-bond donors (Lipinski definition) is 0. The fourth-order valence-corrected chi connectivity index (χ4v) is 2.62. The highest BCUT2D eigenvalue weighted by atomic mass is 16.6. The minimum atomic E-state index is -0.373. The maximum absolute atomic E-state index is 10.8. The van der Waals surface area contributed by atoms with Crippen molar-refractivity contribution in [3.63, 3.8) is 0 Å². The number of benzene rings is 1. The molecule has 1 fully saturated rings. The lowest BCUT2D eigenvalue weighted by Crippen LogP contribution is -2.38. The molecule has 21 heavy (non-hydrogen) atoms. The summed E-state index contributed by atoms with van der Waals surface area (Å²) in [6.07, 6.45) is 1.53. The van der Waals surface area contributed by atoms with Crippen LogP contribution in [0.2, 0.25) is 0 Å². The molecule has 1 atom stereocenters. The SMILES string of the molecule is Cc1cc([N+](=O)[O-])ccc1N1CCOC(c2ccco2)C1. The van der Waals surface area contributed by atoms with Crippen LogP contribution in [0.15, 0.2) is 41.0 Å². The number of rotatable bonds is 3. The molecule has 1 saturated heterocycles. The maximum Gasteiger partial charge on any atom is 0.269 e. The average Bonchev–Trinajstić information content (AvgIpc) is 3.01. The third kappa shape index (κ3) is 2.75. The van der Waals surface area contributed by atoms with E-state index in [2.05, 4.69) is 4.90 Å². The molecule has 6 heteroatoms. The minimum absolute atomic E-state index is 0.108. The molecule has 0 saturated carbocycles. The summed E-state index contributed by atoms with van der Waals surface area (Å²) in [5.74, 6) is 0.805. The number of anilines is 1. The van der Waals surface area contributed by atoms with Gasteiger partial charge in [-0.1, -0.05) is 0 Å². The highest BCUT2D eigenvalue weighted by Gasteiger charge is 2.25. The van der Waals surface area contributed by atoms with Crippen LogP contribution in [-0.2, 0) is 4.74 Å². The van der Waals surface area contributed by atoms with Gasteiger partial charge in [0, 0.05) is 24.4 Å². The van der Waals surface area contributed by atoms with Crippen molar-refractivity contribution in [2.75, 3.05) is 24.6 Å². The van der Waals surface area contributed by atoms with E-state index >= 15 is 0 Å². The minimum Gasteiger partial charge on any atom is -0.467 e. The highest BCUT2D eigenvalue weighted by molar-refractivity contribution is 5.57. The number of hydrogen-bond acceptors (Lipinski definition) is 5. The smallest absolute Gasteiger partial charge is 0.269 e. The maximum atomic E-state index is 10.8. The molecule has 0 amide bonds. The van der Waals surface area contributed by atoms with Gasteiger partial charge in [-0.05, 0) is 30.7 Å². The van der Waals surface area contributed by atoms with Crippen molar-refractivity contribution in [1.29, 1.82) is 0 Å². The first-order valence-corrected chi connectivity index (χ1v) is 6.80. The Bertz CT molecular complexity index is 639. The monoisotopic (exact) mass is 288 g/mol. The van der Waals surface area contributed by atoms with Crippen molar-refractivity contribution in [3.8, 4) is 0 Å². The summed E-state index contributed by atoms with van der Waals surface area (Å²) in [6.45, 7) is 3.92. The van der Waals surface area contributed by atoms with Gasteiger partial charge in [-0.15, -0.1) is 0 Å². The van der Waals surface area contributed by atoms with Crippen LogP contribution < -0.4 is 4.90 Å². The Hall–Kier alpha value is -2.34. The summed E-state index contributed by atoms with van der Waals surface area (Å²) in [7, 11) is 0. The van der Waals surface area contributed by atoms with Gasteiger partial charge >= 0.3 is 0 Å². The summed E-state index contributed by atoms with van der Waals surface area (Å²) >= 11 is 0. The van der Waals surface area contributed by atoms with Gasteiger partial charge in [-0.25, -0.2) is 0 Å². The van der Waals surface area contributed by atoms with E-state index < -0.39 is 0 Å². The molecule has 6 nitrogen and oxygen atoms in total. The number of non-ortho nitro benzene ring substituents is 1. The lowest BCUT2D eigenvalue weighted by atomic mass is 10.1. The molecule has 0 radical (unpaired) electrons. The predicted molar refractivity (Wildman–Crippen MR) is 77.4 cm³/mol. The van der Waals surface area contributed by atoms with E-state index in [0.29, 0.717) is 13.2 Å². The number of nitro benzene ring substituents is 1. The van der Waals surface area contributed by atoms with Crippen LogP contribution in [-0.4, -0.2) is 24.6 Å². The molecule has 0 spiro atoms. The fraction of sp³-hybridized carbons (Fsp3) is 0.333. The first-order chi connectivity index (χ1) is 10.1. The summed E-state index contributed by atoms with van der Waals surface area (Å²) in [5, 5.41) is 10.8. The second-order valence-electron chi connectivity index (χ2n) is 5.05. The van der Waals surface area contributed by atoms with Crippen molar-refractivity contribution in [1.82, 2.24) is 0 Å². The molecule has 0 bridgehead atoms. The van der Waals surface area contributed by atoms with Gasteiger partial charge in [0.1, 0.15) is 11.9 Å². The van der Waals surface area contributed by atoms with Crippen molar-refractivity contribution >= 4 is 11.4 Å². The first kappa shape index (κ1) is 13.6. The van der Waals surface area contributed by atoms with Crippen LogP contribution in [0.3, 0.4) is 0 Å². The third-order valence-corrected chi connectivity index (χ3v) is 3.66. The molecule has 2 aromatic rings. The molecule has 0 aliphatic carbocycles. The zero-order chi connectivity index (χ0) is 14.8. The third-order valence-electron chi connectivity index (χ3n) is 3.66. The molecule has 1 aromatic carbocycles. The van der Waals surface area contributed by atoms with E-state index in [0.717, 1.165) is 23.6 Å². The predicted octanol–water partition coefficient (Wildman–Crippen LogP) is 3.07. The van der Waals surface area contributed by atoms with Crippen LogP contribution in [0, 0.1) is 17.0 Å². The standard InChI is InChI=1S/C15H16N2O4/c1-11-9-12(17(18)19)4-5-13(11)16-6-8-21-15(10-16)14-3-2-7-20-14/h2-5,7,9,15H,6,8,10H2,1H3. The molecule has 1 aliphatic heterocycles. The van der Waals surface area contributed by atoms with Crippen LogP contribution >= 0.6 is 0 Å². The molecule has 0 N–H and O–H groups in total. The Kier molecular flexibility index (Phi) is 3.62. The van der Waals surface area contributed by atoms with Crippen LogP contribution in [0.5, 0.6) is 0 Å². The Morgan fingerprint density at radius 2 is 2.24 bits per heavy atom. The summed E-state index contributed by atoms with van der Waals surface area (Å²) in [4.78, 5) is 12.6. The fourth-order valence-electron chi connectivity index (χ4n) is 2.62. The molecule has 110 valence electrons. The highest BCUT2D eigenvalue weighted by Crippen LogP contribution is 2.30. The van der Waals surface area contributed by atoms with E-state index in [1.54, 1.807) is 24.5 Å². The topological polar surface area (TPSA) is 68.8 Å². The normalized spacial score (nSPS) is 18.7. The van der Waals surface area contributed by atoms with E-state index in [-0.39, 0.29) is 16.7 Å². The Morgan fingerprint density at radius 3 is 2.90 bits per heavy atom. The van der Waals surface area contributed by atoms with Crippen LogP contribution in [0.1, 0.15) is 17.4 Å². The van der Waals surface area contributed by atoms with E-state index in [1.165, 1.54) is 0 Å². The molecule has 3 rings (SSSR count). The van der Waals surface area contributed by atoms with Gasteiger partial charge < -0.3 is 14.1 Å². The van der Waals surface area contributed by atoms with Gasteiger partial charge in [-0.2, -0.15) is 0 Å². The molecule has 1 aliphatic rings. The molecular weight excluding hydrogens is 272 g/mol. The van der Waals surface area contributed by atoms with Gasteiger partial charge in [0.15, 0.2) is 0 Å². The van der Waals surface area contributed by atoms with Gasteiger partial charge in [0.2, 0.25) is 0 Å². The molecular formula is C15H16N2O4. The van der Waals surface area contributed by atoms with Crippen molar-refractivity contribution in [3.05, 3.63) is 58.0 Å². The molecule has 1 unspecified atom stereocenters. The molecule has 1 aromatic heterocycles. The van der Waals surface area contributed by atoms with Crippen molar-refractivity contribution in [2.24, 2.45) is 0 Å². The Morgan fingerprint density at radius 1 is 1.38 bits per heavy atom. The summed E-state index contributed by atoms with van der Waals surface area (Å²) in [6, 6.07) is 8.69. The van der Waals surface area contributed by atoms with Crippen molar-refractivity contribution < 1.29 is 14.1 Å². The number of aryl methyl sites for hydroxylation is 1. The quantitative estimate of drug-likeness (QED) is 0.641. The Balaban J connectivity index is 1.82. The number of ether oxygens (including phenoxy) is 1. The lowest BCUT2D eigenvalue weighted by Gasteiger charge is -2.34. The van der Waals surface area contributed by atoms with Gasteiger partial charge in [0.25, 0.3) is 5.69 Å². The number of morpholine rings is 1. The van der Waals surface area contributed by atoms with E-state index in [1.807, 2.05) is 19.1 Å². The summed E-state index contributed by atoms with van der Waals surface area (Å²) in [5.41, 5.74) is 2.01. The first-order valence-electron chi connectivity index (χ1n) is 6.80. The number of nitrogens with zero attached hydrogens (tertiary/aromatic N) is 2. The van der Waals surface area contributed by atoms with Crippen LogP contribution in [0.25, 0.3) is 0 Å². The van der Waals surface area contributed by atoms with Crippen LogP contribution in [0.4, 0.5) is 11.4 Å². The van der Waals surface area contributed by atoms with Crippen molar-refractivity contribution in [2.45, 2.75) is 13.0 Å². The lowest BCUT2D eigenvalue weighted by molar-refractivity contribution is -0.384. The van der Waals surface area contributed by atoms with E-state index in [4.69, 9.17) is 9.15 Å². The Labute approximate surface area is 122 Å². The average molecular weight is 288 g/mol. The second kappa shape index (κ2) is 5.57. The largest absolute Gasteiger partial charge is 0.467 e. The second-order valence-corrected chi connectivity index (χ2v) is 5.05. The van der Waals surface area contributed by atoms with Gasteiger partial charge in [-0.3, -0.25) is 10.1 Å². The summed E-state index contributed by atoms with van der Waals surface area (Å²) < 4.78 is 11.1. The molecule has 2 heterocycles. The zero-order valence-corrected chi connectivity index (χ0v) is 11.7. The number of furan rings is 1.